The molecule has 2 N–H and O–H groups in total. The topological polar surface area (TPSA) is 41.1 Å². The monoisotopic (exact) mass is 274 g/mol. The van der Waals surface area contributed by atoms with Crippen molar-refractivity contribution in [2.45, 2.75) is 64.5 Å². The van der Waals surface area contributed by atoms with Crippen LogP contribution in [0.1, 0.15) is 57.4 Å². The molecule has 3 nitrogen and oxygen atoms in total. The van der Waals surface area contributed by atoms with Gasteiger partial charge in [0.15, 0.2) is 0 Å². The maximum atomic E-state index is 11.8. The van der Waals surface area contributed by atoms with Crippen LogP contribution in [-0.4, -0.2) is 11.9 Å². The quantitative estimate of drug-likeness (QED) is 0.672. The van der Waals surface area contributed by atoms with Crippen molar-refractivity contribution in [3.8, 4) is 0 Å². The number of unbranched alkanes of at least 4 members (excludes halogenated alkanes) is 3. The number of rotatable bonds is 9. The van der Waals surface area contributed by atoms with Gasteiger partial charge in [-0.3, -0.25) is 4.79 Å². The van der Waals surface area contributed by atoms with Gasteiger partial charge in [0.05, 0.1) is 0 Å². The lowest BCUT2D eigenvalue weighted by Gasteiger charge is -2.07. The molecule has 3 heteroatoms. The van der Waals surface area contributed by atoms with E-state index in [1.807, 2.05) is 12.1 Å². The molecule has 1 aromatic rings. The number of nitrogens with one attached hydrogen (secondary N) is 2. The van der Waals surface area contributed by atoms with Gasteiger partial charge in [-0.1, -0.05) is 38.3 Å². The number of carbonyl (C=O) groups excluding carboxylic acids is 1. The molecular weight excluding hydrogens is 248 g/mol. The normalized spacial score (nSPS) is 14.2. The molecule has 0 radical (unpaired) electrons. The molecule has 1 saturated carbocycles. The SMILES string of the molecule is CCCCCCC(=O)Nc1ccc(CNC2CC2)cc1. The van der Waals surface area contributed by atoms with Crippen molar-refractivity contribution in [1.29, 1.82) is 0 Å². The van der Waals surface area contributed by atoms with Crippen LogP contribution in [0.15, 0.2) is 24.3 Å². The highest BCUT2D eigenvalue weighted by Gasteiger charge is 2.19. The van der Waals surface area contributed by atoms with E-state index in [9.17, 15) is 4.79 Å². The third kappa shape index (κ3) is 5.74. The second kappa shape index (κ2) is 8.05. The van der Waals surface area contributed by atoms with Crippen molar-refractivity contribution in [3.05, 3.63) is 29.8 Å². The number of benzene rings is 1. The van der Waals surface area contributed by atoms with Crippen LogP contribution in [0.4, 0.5) is 5.69 Å². The van der Waals surface area contributed by atoms with E-state index in [2.05, 4.69) is 29.7 Å². The van der Waals surface area contributed by atoms with Crippen molar-refractivity contribution < 1.29 is 4.79 Å². The van der Waals surface area contributed by atoms with Gasteiger partial charge in [-0.2, -0.15) is 0 Å². The Kier molecular flexibility index (Phi) is 6.06. The van der Waals surface area contributed by atoms with Crippen LogP contribution in [0.5, 0.6) is 0 Å². The summed E-state index contributed by atoms with van der Waals surface area (Å²) in [5.41, 5.74) is 2.18. The molecule has 0 heterocycles. The molecule has 0 aliphatic heterocycles. The molecule has 0 aromatic heterocycles. The Hall–Kier alpha value is -1.35. The van der Waals surface area contributed by atoms with Crippen LogP contribution in [0.3, 0.4) is 0 Å². The summed E-state index contributed by atoms with van der Waals surface area (Å²) in [7, 11) is 0. The fourth-order valence-corrected chi connectivity index (χ4v) is 2.19. The molecule has 0 spiro atoms. The van der Waals surface area contributed by atoms with Crippen LogP contribution in [0.2, 0.25) is 0 Å². The summed E-state index contributed by atoms with van der Waals surface area (Å²) >= 11 is 0. The molecular formula is C17H26N2O. The summed E-state index contributed by atoms with van der Waals surface area (Å²) in [6.45, 7) is 3.11. The lowest BCUT2D eigenvalue weighted by atomic mass is 10.1. The zero-order chi connectivity index (χ0) is 14.2. The maximum Gasteiger partial charge on any atom is 0.224 e. The summed E-state index contributed by atoms with van der Waals surface area (Å²) in [4.78, 5) is 11.8. The minimum atomic E-state index is 0.130. The van der Waals surface area contributed by atoms with Crippen LogP contribution >= 0.6 is 0 Å². The second-order valence-electron chi connectivity index (χ2n) is 5.71. The largest absolute Gasteiger partial charge is 0.326 e. The van der Waals surface area contributed by atoms with Crippen LogP contribution in [0, 0.1) is 0 Å². The summed E-state index contributed by atoms with van der Waals surface area (Å²) in [6.07, 6.45) is 7.82. The second-order valence-corrected chi connectivity index (χ2v) is 5.71. The van der Waals surface area contributed by atoms with Crippen molar-refractivity contribution in [2.24, 2.45) is 0 Å². The Labute approximate surface area is 122 Å². The maximum absolute atomic E-state index is 11.8. The van der Waals surface area contributed by atoms with Crippen molar-refractivity contribution in [3.63, 3.8) is 0 Å². The average molecular weight is 274 g/mol. The molecule has 1 aliphatic rings. The third-order valence-corrected chi connectivity index (χ3v) is 3.67. The molecule has 2 rings (SSSR count). The van der Waals surface area contributed by atoms with E-state index in [1.165, 1.54) is 31.2 Å². The first-order chi connectivity index (χ1) is 9.78. The van der Waals surface area contributed by atoms with E-state index >= 15 is 0 Å². The lowest BCUT2D eigenvalue weighted by Crippen LogP contribution is -2.15. The van der Waals surface area contributed by atoms with Crippen LogP contribution in [-0.2, 0) is 11.3 Å². The van der Waals surface area contributed by atoms with Crippen molar-refractivity contribution >= 4 is 11.6 Å². The van der Waals surface area contributed by atoms with E-state index in [4.69, 9.17) is 0 Å². The van der Waals surface area contributed by atoms with E-state index in [-0.39, 0.29) is 5.91 Å². The molecule has 1 fully saturated rings. The van der Waals surface area contributed by atoms with Gasteiger partial charge in [0, 0.05) is 24.7 Å². The van der Waals surface area contributed by atoms with E-state index in [1.54, 1.807) is 0 Å². The number of hydrogen-bond donors (Lipinski definition) is 2. The van der Waals surface area contributed by atoms with Crippen molar-refractivity contribution in [2.75, 3.05) is 5.32 Å². The fourth-order valence-electron chi connectivity index (χ4n) is 2.19. The molecule has 1 aliphatic carbocycles. The molecule has 0 saturated heterocycles. The Bertz CT molecular complexity index is 410. The number of amides is 1. The predicted molar refractivity (Wildman–Crippen MR) is 83.7 cm³/mol. The minimum absolute atomic E-state index is 0.130. The van der Waals surface area contributed by atoms with Gasteiger partial charge in [0.2, 0.25) is 5.91 Å². The minimum Gasteiger partial charge on any atom is -0.326 e. The first kappa shape index (κ1) is 15.0. The summed E-state index contributed by atoms with van der Waals surface area (Å²) in [5.74, 6) is 0.130. The van der Waals surface area contributed by atoms with Crippen LogP contribution < -0.4 is 10.6 Å². The van der Waals surface area contributed by atoms with Gasteiger partial charge in [0.25, 0.3) is 0 Å². The predicted octanol–water partition coefficient (Wildman–Crippen LogP) is 3.85. The van der Waals surface area contributed by atoms with E-state index in [0.717, 1.165) is 31.1 Å². The highest BCUT2D eigenvalue weighted by atomic mass is 16.1. The Morgan fingerprint density at radius 2 is 1.90 bits per heavy atom. The molecule has 0 unspecified atom stereocenters. The smallest absolute Gasteiger partial charge is 0.224 e. The molecule has 0 bridgehead atoms. The van der Waals surface area contributed by atoms with Gasteiger partial charge in [0.1, 0.15) is 0 Å². The fraction of sp³-hybridized carbons (Fsp3) is 0.588. The zero-order valence-electron chi connectivity index (χ0n) is 12.5. The first-order valence-electron chi connectivity index (χ1n) is 7.90. The number of hydrogen-bond acceptors (Lipinski definition) is 2. The van der Waals surface area contributed by atoms with E-state index in [0.29, 0.717) is 6.42 Å². The zero-order valence-corrected chi connectivity index (χ0v) is 12.5. The lowest BCUT2D eigenvalue weighted by molar-refractivity contribution is -0.116. The highest BCUT2D eigenvalue weighted by molar-refractivity contribution is 5.90. The molecule has 1 amide bonds. The van der Waals surface area contributed by atoms with Crippen LogP contribution in [0.25, 0.3) is 0 Å². The highest BCUT2D eigenvalue weighted by Crippen LogP contribution is 2.19. The van der Waals surface area contributed by atoms with E-state index < -0.39 is 0 Å². The Morgan fingerprint density at radius 3 is 2.55 bits per heavy atom. The average Bonchev–Trinajstić information content (AvgIpc) is 3.27. The molecule has 20 heavy (non-hydrogen) atoms. The Balaban J connectivity index is 1.67. The third-order valence-electron chi connectivity index (χ3n) is 3.67. The number of anilines is 1. The van der Waals surface area contributed by atoms with Gasteiger partial charge in [-0.15, -0.1) is 0 Å². The summed E-state index contributed by atoms with van der Waals surface area (Å²) in [6, 6.07) is 8.89. The molecule has 0 atom stereocenters. The number of carbonyl (C=O) groups is 1. The Morgan fingerprint density at radius 1 is 1.15 bits per heavy atom. The van der Waals surface area contributed by atoms with Gasteiger partial charge < -0.3 is 10.6 Å². The summed E-state index contributed by atoms with van der Waals surface area (Å²) < 4.78 is 0. The molecule has 110 valence electrons. The summed E-state index contributed by atoms with van der Waals surface area (Å²) in [5, 5.41) is 6.45. The standard InChI is InChI=1S/C17H26N2O/c1-2-3-4-5-6-17(20)19-16-9-7-14(8-10-16)13-18-15-11-12-15/h7-10,15,18H,2-6,11-13H2,1H3,(H,19,20). The van der Waals surface area contributed by atoms with Gasteiger partial charge >= 0.3 is 0 Å². The molecule has 1 aromatic carbocycles. The van der Waals surface area contributed by atoms with Crippen molar-refractivity contribution in [1.82, 2.24) is 5.32 Å². The van der Waals surface area contributed by atoms with Gasteiger partial charge in [-0.25, -0.2) is 0 Å². The first-order valence-corrected chi connectivity index (χ1v) is 7.90. The van der Waals surface area contributed by atoms with Gasteiger partial charge in [-0.05, 0) is 37.0 Å².